The number of hydrogen-bond acceptors (Lipinski definition) is 3. The second kappa shape index (κ2) is 6.54. The maximum absolute atomic E-state index is 12.0. The molecule has 0 aliphatic carbocycles. The molecule has 0 aliphatic rings. The number of aromatic nitrogens is 2. The Balaban J connectivity index is 3.04. The lowest BCUT2D eigenvalue weighted by Gasteiger charge is -2.20. The lowest BCUT2D eigenvalue weighted by molar-refractivity contribution is -0.131. The van der Waals surface area contributed by atoms with Crippen LogP contribution in [-0.4, -0.2) is 33.4 Å². The summed E-state index contributed by atoms with van der Waals surface area (Å²) >= 11 is 5.73. The fourth-order valence-electron chi connectivity index (χ4n) is 1.77. The number of nitrogens with zero attached hydrogens (tertiary/aromatic N) is 3. The first-order valence-electron chi connectivity index (χ1n) is 6.07. The Morgan fingerprint density at radius 3 is 2.50 bits per heavy atom. The van der Waals surface area contributed by atoms with Gasteiger partial charge in [-0.15, -0.1) is 0 Å². The van der Waals surface area contributed by atoms with Crippen molar-refractivity contribution in [2.24, 2.45) is 0 Å². The van der Waals surface area contributed by atoms with Gasteiger partial charge in [-0.2, -0.15) is 0 Å². The summed E-state index contributed by atoms with van der Waals surface area (Å²) < 4.78 is 1.38. The van der Waals surface area contributed by atoms with E-state index in [4.69, 9.17) is 11.6 Å². The van der Waals surface area contributed by atoms with Crippen molar-refractivity contribution >= 4 is 17.5 Å². The van der Waals surface area contributed by atoms with Gasteiger partial charge in [0.1, 0.15) is 17.5 Å². The van der Waals surface area contributed by atoms with Crippen LogP contribution in [0.5, 0.6) is 0 Å². The van der Waals surface area contributed by atoms with Crippen LogP contribution >= 0.6 is 11.6 Å². The molecule has 0 N–H and O–H groups in total. The molecule has 0 fully saturated rings. The normalized spacial score (nSPS) is 10.4. The largest absolute Gasteiger partial charge is 0.342 e. The van der Waals surface area contributed by atoms with Gasteiger partial charge in [0.2, 0.25) is 5.91 Å². The van der Waals surface area contributed by atoms with Crippen LogP contribution in [0.3, 0.4) is 0 Å². The zero-order chi connectivity index (χ0) is 13.7. The molecule has 0 saturated heterocycles. The Labute approximate surface area is 111 Å². The average molecular weight is 272 g/mol. The van der Waals surface area contributed by atoms with Gasteiger partial charge < -0.3 is 4.90 Å². The molecular formula is C12H18ClN3O2. The summed E-state index contributed by atoms with van der Waals surface area (Å²) in [5.41, 5.74) is -0.285. The van der Waals surface area contributed by atoms with Crippen molar-refractivity contribution in [2.45, 2.75) is 33.7 Å². The molecule has 0 aromatic carbocycles. The van der Waals surface area contributed by atoms with Crippen LogP contribution in [0.4, 0.5) is 0 Å². The van der Waals surface area contributed by atoms with Crippen LogP contribution in [-0.2, 0) is 17.8 Å². The summed E-state index contributed by atoms with van der Waals surface area (Å²) in [6, 6.07) is 1.23. The molecule has 0 unspecified atom stereocenters. The van der Waals surface area contributed by atoms with E-state index < -0.39 is 0 Å². The molecular weight excluding hydrogens is 254 g/mol. The van der Waals surface area contributed by atoms with Gasteiger partial charge in [-0.1, -0.05) is 18.5 Å². The van der Waals surface area contributed by atoms with Crippen LogP contribution in [0.2, 0.25) is 5.15 Å². The van der Waals surface area contributed by atoms with E-state index in [2.05, 4.69) is 4.98 Å². The third-order valence-electron chi connectivity index (χ3n) is 2.78. The fraction of sp³-hybridized carbons (Fsp3) is 0.583. The molecule has 0 radical (unpaired) electrons. The van der Waals surface area contributed by atoms with Crippen LogP contribution in [0, 0.1) is 0 Å². The predicted molar refractivity (Wildman–Crippen MR) is 70.8 cm³/mol. The minimum atomic E-state index is -0.285. The Hall–Kier alpha value is -1.36. The highest BCUT2D eigenvalue weighted by atomic mass is 35.5. The molecule has 0 aliphatic heterocycles. The first-order chi connectivity index (χ1) is 8.53. The van der Waals surface area contributed by atoms with E-state index >= 15 is 0 Å². The SMILES string of the molecule is CCc1nc(Cl)cc(=O)n1CC(=O)N(CC)CC. The van der Waals surface area contributed by atoms with Crippen molar-refractivity contribution in [3.63, 3.8) is 0 Å². The monoisotopic (exact) mass is 271 g/mol. The van der Waals surface area contributed by atoms with Crippen molar-refractivity contribution in [1.82, 2.24) is 14.5 Å². The van der Waals surface area contributed by atoms with Gasteiger partial charge in [0.25, 0.3) is 5.56 Å². The molecule has 1 aromatic rings. The minimum Gasteiger partial charge on any atom is -0.342 e. The summed E-state index contributed by atoms with van der Waals surface area (Å²) in [7, 11) is 0. The molecule has 18 heavy (non-hydrogen) atoms. The molecule has 0 atom stereocenters. The number of carbonyl (C=O) groups excluding carboxylic acids is 1. The van der Waals surface area contributed by atoms with E-state index in [9.17, 15) is 9.59 Å². The molecule has 5 nitrogen and oxygen atoms in total. The minimum absolute atomic E-state index is 0.0217. The predicted octanol–water partition coefficient (Wildman–Crippen LogP) is 1.33. The number of likely N-dealkylation sites (N-methyl/N-ethyl adjacent to an activating group) is 1. The van der Waals surface area contributed by atoms with E-state index in [-0.39, 0.29) is 23.2 Å². The third kappa shape index (κ3) is 3.32. The molecule has 1 aromatic heterocycles. The highest BCUT2D eigenvalue weighted by molar-refractivity contribution is 6.29. The first-order valence-corrected chi connectivity index (χ1v) is 6.45. The number of hydrogen-bond donors (Lipinski definition) is 0. The van der Waals surface area contributed by atoms with Crippen molar-refractivity contribution in [3.05, 3.63) is 27.4 Å². The van der Waals surface area contributed by atoms with Crippen LogP contribution < -0.4 is 5.56 Å². The highest BCUT2D eigenvalue weighted by Gasteiger charge is 2.14. The van der Waals surface area contributed by atoms with Crippen molar-refractivity contribution in [1.29, 1.82) is 0 Å². The molecule has 0 spiro atoms. The molecule has 1 rings (SSSR count). The van der Waals surface area contributed by atoms with E-state index in [1.54, 1.807) is 4.90 Å². The quantitative estimate of drug-likeness (QED) is 0.759. The molecule has 6 heteroatoms. The third-order valence-corrected chi connectivity index (χ3v) is 2.98. The summed E-state index contributed by atoms with van der Waals surface area (Å²) in [5, 5.41) is 0.170. The zero-order valence-corrected chi connectivity index (χ0v) is 11.7. The van der Waals surface area contributed by atoms with Gasteiger partial charge in [0.15, 0.2) is 0 Å². The fourth-order valence-corrected chi connectivity index (χ4v) is 1.96. The number of halogens is 1. The van der Waals surface area contributed by atoms with Gasteiger partial charge >= 0.3 is 0 Å². The van der Waals surface area contributed by atoms with Crippen LogP contribution in [0.25, 0.3) is 0 Å². The topological polar surface area (TPSA) is 55.2 Å². The van der Waals surface area contributed by atoms with Gasteiger partial charge in [-0.25, -0.2) is 4.98 Å². The molecule has 1 amide bonds. The van der Waals surface area contributed by atoms with Gasteiger partial charge in [-0.3, -0.25) is 14.2 Å². The molecule has 0 saturated carbocycles. The van der Waals surface area contributed by atoms with Crippen molar-refractivity contribution in [2.75, 3.05) is 13.1 Å². The second-order valence-corrected chi connectivity index (χ2v) is 4.23. The highest BCUT2D eigenvalue weighted by Crippen LogP contribution is 2.04. The lowest BCUT2D eigenvalue weighted by atomic mass is 10.3. The second-order valence-electron chi connectivity index (χ2n) is 3.84. The van der Waals surface area contributed by atoms with Crippen LogP contribution in [0.1, 0.15) is 26.6 Å². The zero-order valence-electron chi connectivity index (χ0n) is 10.9. The van der Waals surface area contributed by atoms with Gasteiger partial charge in [-0.05, 0) is 13.8 Å². The van der Waals surface area contributed by atoms with Gasteiger partial charge in [0.05, 0.1) is 0 Å². The van der Waals surface area contributed by atoms with Gasteiger partial charge in [0, 0.05) is 25.6 Å². The van der Waals surface area contributed by atoms with E-state index in [0.29, 0.717) is 25.3 Å². The number of carbonyl (C=O) groups is 1. The summed E-state index contributed by atoms with van der Waals surface area (Å²) in [6.45, 7) is 6.97. The first kappa shape index (κ1) is 14.7. The molecule has 100 valence electrons. The number of amides is 1. The van der Waals surface area contributed by atoms with Crippen molar-refractivity contribution < 1.29 is 4.79 Å². The Kier molecular flexibility index (Phi) is 5.34. The summed E-state index contributed by atoms with van der Waals surface area (Å²) in [5.74, 6) is 0.453. The smallest absolute Gasteiger partial charge is 0.255 e. The van der Waals surface area contributed by atoms with E-state index in [0.717, 1.165) is 0 Å². The average Bonchev–Trinajstić information content (AvgIpc) is 2.33. The Bertz CT molecular complexity index is 481. The Morgan fingerprint density at radius 1 is 1.39 bits per heavy atom. The van der Waals surface area contributed by atoms with Crippen LogP contribution in [0.15, 0.2) is 10.9 Å². The van der Waals surface area contributed by atoms with Crippen molar-refractivity contribution in [3.8, 4) is 0 Å². The maximum Gasteiger partial charge on any atom is 0.255 e. The standard InChI is InChI=1S/C12H18ClN3O2/c1-4-10-14-9(13)7-11(17)16(10)8-12(18)15(5-2)6-3/h7H,4-6,8H2,1-3H3. The molecule has 0 bridgehead atoms. The summed E-state index contributed by atoms with van der Waals surface area (Å²) in [4.78, 5) is 29.6. The molecule has 1 heterocycles. The lowest BCUT2D eigenvalue weighted by Crippen LogP contribution is -2.37. The Morgan fingerprint density at radius 2 is 2.00 bits per heavy atom. The number of aryl methyl sites for hydroxylation is 1. The number of rotatable bonds is 5. The summed E-state index contributed by atoms with van der Waals surface area (Å²) in [6.07, 6.45) is 0.557. The van der Waals surface area contributed by atoms with E-state index in [1.165, 1.54) is 10.6 Å². The maximum atomic E-state index is 12.0. The van der Waals surface area contributed by atoms with E-state index in [1.807, 2.05) is 20.8 Å².